The van der Waals surface area contributed by atoms with Gasteiger partial charge in [0.2, 0.25) is 0 Å². The fourth-order valence-corrected chi connectivity index (χ4v) is 3.94. The largest absolute Gasteiger partial charge is 0.379 e. The van der Waals surface area contributed by atoms with Gasteiger partial charge in [0, 0.05) is 19.6 Å². The number of morpholine rings is 1. The average Bonchev–Trinajstić information content (AvgIpc) is 2.48. The molecule has 21 heavy (non-hydrogen) atoms. The summed E-state index contributed by atoms with van der Waals surface area (Å²) in [6, 6.07) is 7.52. The van der Waals surface area contributed by atoms with Crippen LogP contribution in [-0.4, -0.2) is 52.1 Å². The minimum absolute atomic E-state index is 0.389. The molecule has 0 spiro atoms. The third kappa shape index (κ3) is 3.94. The van der Waals surface area contributed by atoms with Gasteiger partial charge in [-0.25, -0.2) is 0 Å². The quantitative estimate of drug-likeness (QED) is 0.840. The lowest BCUT2D eigenvalue weighted by molar-refractivity contribution is 0.0729. The first-order valence-electron chi connectivity index (χ1n) is 7.18. The van der Waals surface area contributed by atoms with Gasteiger partial charge in [-0.15, -0.1) is 0 Å². The van der Waals surface area contributed by atoms with Crippen LogP contribution < -0.4 is 10.0 Å². The SMILES string of the molecule is Cc1cccc(N(CCCN)S(=O)(=O)N2CCOCC2)c1. The summed E-state index contributed by atoms with van der Waals surface area (Å²) in [6.07, 6.45) is 0.623. The van der Waals surface area contributed by atoms with Crippen molar-refractivity contribution in [2.45, 2.75) is 13.3 Å². The Balaban J connectivity index is 2.30. The summed E-state index contributed by atoms with van der Waals surface area (Å²) < 4.78 is 33.9. The van der Waals surface area contributed by atoms with Crippen LogP contribution in [0.5, 0.6) is 0 Å². The lowest BCUT2D eigenvalue weighted by Crippen LogP contribution is -2.49. The minimum Gasteiger partial charge on any atom is -0.379 e. The number of hydrogen-bond acceptors (Lipinski definition) is 4. The van der Waals surface area contributed by atoms with Crippen molar-refractivity contribution < 1.29 is 13.2 Å². The highest BCUT2D eigenvalue weighted by molar-refractivity contribution is 7.90. The van der Waals surface area contributed by atoms with Gasteiger partial charge in [-0.1, -0.05) is 12.1 Å². The van der Waals surface area contributed by atoms with E-state index < -0.39 is 10.2 Å². The molecule has 0 aliphatic carbocycles. The first kappa shape index (κ1) is 16.2. The van der Waals surface area contributed by atoms with Crippen molar-refractivity contribution in [2.75, 3.05) is 43.7 Å². The Kier molecular flexibility index (Phi) is 5.58. The lowest BCUT2D eigenvalue weighted by atomic mass is 10.2. The number of aryl methyl sites for hydroxylation is 1. The number of nitrogens with zero attached hydrogens (tertiary/aromatic N) is 2. The van der Waals surface area contributed by atoms with Crippen molar-refractivity contribution in [1.29, 1.82) is 0 Å². The van der Waals surface area contributed by atoms with E-state index in [1.165, 1.54) is 8.61 Å². The van der Waals surface area contributed by atoms with Crippen molar-refractivity contribution >= 4 is 15.9 Å². The monoisotopic (exact) mass is 313 g/mol. The molecule has 1 aromatic rings. The fraction of sp³-hybridized carbons (Fsp3) is 0.571. The van der Waals surface area contributed by atoms with Crippen LogP contribution in [0.25, 0.3) is 0 Å². The summed E-state index contributed by atoms with van der Waals surface area (Å²) in [6.45, 7) is 4.47. The zero-order valence-corrected chi connectivity index (χ0v) is 13.2. The Morgan fingerprint density at radius 3 is 2.67 bits per heavy atom. The van der Waals surface area contributed by atoms with E-state index in [2.05, 4.69) is 0 Å². The van der Waals surface area contributed by atoms with Crippen LogP contribution >= 0.6 is 0 Å². The molecule has 1 aromatic carbocycles. The second-order valence-electron chi connectivity index (χ2n) is 5.07. The van der Waals surface area contributed by atoms with Gasteiger partial charge in [-0.3, -0.25) is 4.31 Å². The second kappa shape index (κ2) is 7.22. The summed E-state index contributed by atoms with van der Waals surface area (Å²) in [5.41, 5.74) is 7.27. The summed E-state index contributed by atoms with van der Waals surface area (Å²) >= 11 is 0. The molecule has 118 valence electrons. The molecular formula is C14H23N3O3S. The molecule has 1 aliphatic heterocycles. The third-order valence-electron chi connectivity index (χ3n) is 3.43. The molecule has 0 aromatic heterocycles. The molecule has 0 radical (unpaired) electrons. The average molecular weight is 313 g/mol. The number of nitrogens with two attached hydrogens (primary N) is 1. The fourth-order valence-electron chi connectivity index (χ4n) is 2.31. The molecular weight excluding hydrogens is 290 g/mol. The van der Waals surface area contributed by atoms with Crippen LogP contribution in [0.15, 0.2) is 24.3 Å². The maximum absolute atomic E-state index is 12.9. The van der Waals surface area contributed by atoms with Crippen LogP contribution in [0, 0.1) is 6.92 Å². The van der Waals surface area contributed by atoms with Crippen LogP contribution in [0.2, 0.25) is 0 Å². The van der Waals surface area contributed by atoms with Gasteiger partial charge in [0.05, 0.1) is 18.9 Å². The van der Waals surface area contributed by atoms with Crippen LogP contribution in [0.4, 0.5) is 5.69 Å². The summed E-state index contributed by atoms with van der Waals surface area (Å²) in [7, 11) is -3.54. The summed E-state index contributed by atoms with van der Waals surface area (Å²) in [5, 5.41) is 0. The third-order valence-corrected chi connectivity index (χ3v) is 5.40. The topological polar surface area (TPSA) is 75.9 Å². The number of benzene rings is 1. The van der Waals surface area contributed by atoms with E-state index in [-0.39, 0.29) is 0 Å². The highest BCUT2D eigenvalue weighted by Crippen LogP contribution is 2.22. The van der Waals surface area contributed by atoms with E-state index in [0.29, 0.717) is 51.5 Å². The van der Waals surface area contributed by atoms with Gasteiger partial charge in [-0.2, -0.15) is 12.7 Å². The Morgan fingerprint density at radius 2 is 2.05 bits per heavy atom. The minimum atomic E-state index is -3.54. The van der Waals surface area contributed by atoms with Gasteiger partial charge < -0.3 is 10.5 Å². The predicted molar refractivity (Wildman–Crippen MR) is 83.5 cm³/mol. The van der Waals surface area contributed by atoms with Gasteiger partial charge in [-0.05, 0) is 37.6 Å². The number of ether oxygens (including phenoxy) is 1. The second-order valence-corrected chi connectivity index (χ2v) is 6.93. The van der Waals surface area contributed by atoms with E-state index in [9.17, 15) is 8.42 Å². The lowest BCUT2D eigenvalue weighted by Gasteiger charge is -2.33. The highest BCUT2D eigenvalue weighted by atomic mass is 32.2. The molecule has 1 heterocycles. The van der Waals surface area contributed by atoms with Crippen molar-refractivity contribution in [1.82, 2.24) is 4.31 Å². The molecule has 1 fully saturated rings. The highest BCUT2D eigenvalue weighted by Gasteiger charge is 2.30. The Bertz CT molecular complexity index is 556. The molecule has 1 aliphatic rings. The van der Waals surface area contributed by atoms with Crippen molar-refractivity contribution in [3.8, 4) is 0 Å². The molecule has 0 bridgehead atoms. The maximum atomic E-state index is 12.9. The van der Waals surface area contributed by atoms with Crippen molar-refractivity contribution in [3.63, 3.8) is 0 Å². The summed E-state index contributed by atoms with van der Waals surface area (Å²) in [5.74, 6) is 0. The van der Waals surface area contributed by atoms with Gasteiger partial charge >= 0.3 is 10.2 Å². The van der Waals surface area contributed by atoms with Gasteiger partial charge in [0.25, 0.3) is 0 Å². The first-order chi connectivity index (χ1) is 10.1. The Morgan fingerprint density at radius 1 is 1.33 bits per heavy atom. The molecule has 0 atom stereocenters. The molecule has 2 N–H and O–H groups in total. The van der Waals surface area contributed by atoms with Gasteiger partial charge in [0.15, 0.2) is 0 Å². The van der Waals surface area contributed by atoms with Gasteiger partial charge in [0.1, 0.15) is 0 Å². The molecule has 1 saturated heterocycles. The zero-order chi connectivity index (χ0) is 15.3. The Hall–Kier alpha value is -1.15. The summed E-state index contributed by atoms with van der Waals surface area (Å²) in [4.78, 5) is 0. The maximum Gasteiger partial charge on any atom is 0.304 e. The predicted octanol–water partition coefficient (Wildman–Crippen LogP) is 0.727. The standard InChI is InChI=1S/C14H23N3O3S/c1-13-4-2-5-14(12-13)17(7-3-6-15)21(18,19)16-8-10-20-11-9-16/h2,4-5,12H,3,6-11,15H2,1H3. The van der Waals surface area contributed by atoms with Crippen molar-refractivity contribution in [3.05, 3.63) is 29.8 Å². The molecule has 0 saturated carbocycles. The molecule has 7 heteroatoms. The van der Waals surface area contributed by atoms with E-state index >= 15 is 0 Å². The van der Waals surface area contributed by atoms with E-state index in [1.54, 1.807) is 0 Å². The first-order valence-corrected chi connectivity index (χ1v) is 8.57. The normalized spacial score (nSPS) is 16.9. The van der Waals surface area contributed by atoms with E-state index in [0.717, 1.165) is 5.56 Å². The van der Waals surface area contributed by atoms with E-state index in [4.69, 9.17) is 10.5 Å². The number of rotatable bonds is 6. The Labute approximate surface area is 126 Å². The van der Waals surface area contributed by atoms with Crippen molar-refractivity contribution in [2.24, 2.45) is 5.73 Å². The van der Waals surface area contributed by atoms with Crippen LogP contribution in [-0.2, 0) is 14.9 Å². The smallest absolute Gasteiger partial charge is 0.304 e. The molecule has 2 rings (SSSR count). The zero-order valence-electron chi connectivity index (χ0n) is 12.4. The number of anilines is 1. The van der Waals surface area contributed by atoms with Crippen LogP contribution in [0.3, 0.4) is 0 Å². The van der Waals surface area contributed by atoms with Crippen LogP contribution in [0.1, 0.15) is 12.0 Å². The molecule has 0 amide bonds. The molecule has 0 unspecified atom stereocenters. The van der Waals surface area contributed by atoms with E-state index in [1.807, 2.05) is 31.2 Å². The molecule has 6 nitrogen and oxygen atoms in total. The number of hydrogen-bond donors (Lipinski definition) is 1.